The molecule has 0 aliphatic heterocycles. The molecule has 0 bridgehead atoms. The van der Waals surface area contributed by atoms with Crippen molar-refractivity contribution in [2.75, 3.05) is 17.7 Å². The summed E-state index contributed by atoms with van der Waals surface area (Å²) >= 11 is 0. The van der Waals surface area contributed by atoms with E-state index >= 15 is 0 Å². The molecule has 0 fully saturated rings. The second-order valence-corrected chi connectivity index (χ2v) is 6.69. The molecule has 0 atom stereocenters. The van der Waals surface area contributed by atoms with Crippen molar-refractivity contribution >= 4 is 17.4 Å². The third-order valence-corrected chi connectivity index (χ3v) is 4.23. The molecule has 144 valence electrons. The lowest BCUT2D eigenvalue weighted by Crippen LogP contribution is -2.16. The number of aryl methyl sites for hydroxylation is 3. The fourth-order valence-electron chi connectivity index (χ4n) is 2.90. The summed E-state index contributed by atoms with van der Waals surface area (Å²) in [5.74, 6) is 1.42. The van der Waals surface area contributed by atoms with Crippen molar-refractivity contribution < 1.29 is 9.53 Å². The molecule has 6 nitrogen and oxygen atoms in total. The first-order valence-electron chi connectivity index (χ1n) is 9.05. The Balaban J connectivity index is 1.77. The standard InChI is InChI=1S/C22H24N4O2/c1-14-6-5-7-17(10-14)13-23-21-12-19(24-16(3)25-21)22(27)26-18-11-15(2)8-9-20(18)28-4/h5-12H,13H2,1-4H3,(H,26,27)(H,23,24,25). The van der Waals surface area contributed by atoms with Crippen LogP contribution in [0, 0.1) is 20.8 Å². The summed E-state index contributed by atoms with van der Waals surface area (Å²) in [5, 5.41) is 6.14. The lowest BCUT2D eigenvalue weighted by atomic mass is 10.1. The van der Waals surface area contributed by atoms with Crippen molar-refractivity contribution in [1.29, 1.82) is 0 Å². The van der Waals surface area contributed by atoms with Gasteiger partial charge in [0.25, 0.3) is 5.91 Å². The van der Waals surface area contributed by atoms with Crippen LogP contribution in [0.1, 0.15) is 33.0 Å². The minimum Gasteiger partial charge on any atom is -0.495 e. The Morgan fingerprint density at radius 3 is 2.54 bits per heavy atom. The zero-order valence-corrected chi connectivity index (χ0v) is 16.5. The van der Waals surface area contributed by atoms with Crippen molar-refractivity contribution in [2.45, 2.75) is 27.3 Å². The second kappa shape index (κ2) is 8.52. The van der Waals surface area contributed by atoms with Crippen LogP contribution in [0.3, 0.4) is 0 Å². The van der Waals surface area contributed by atoms with E-state index < -0.39 is 0 Å². The van der Waals surface area contributed by atoms with E-state index in [1.807, 2.05) is 37.3 Å². The normalized spacial score (nSPS) is 10.4. The summed E-state index contributed by atoms with van der Waals surface area (Å²) in [6.45, 7) is 6.39. The first-order chi connectivity index (χ1) is 13.4. The third kappa shape index (κ3) is 4.85. The topological polar surface area (TPSA) is 76.1 Å². The zero-order valence-electron chi connectivity index (χ0n) is 16.5. The van der Waals surface area contributed by atoms with Gasteiger partial charge in [0, 0.05) is 12.6 Å². The first-order valence-corrected chi connectivity index (χ1v) is 9.05. The quantitative estimate of drug-likeness (QED) is 0.672. The van der Waals surface area contributed by atoms with Gasteiger partial charge in [-0.25, -0.2) is 9.97 Å². The van der Waals surface area contributed by atoms with Gasteiger partial charge in [0.05, 0.1) is 12.8 Å². The van der Waals surface area contributed by atoms with Crippen molar-refractivity contribution in [2.24, 2.45) is 0 Å². The Kier molecular flexibility index (Phi) is 5.89. The average Bonchev–Trinajstić information content (AvgIpc) is 2.66. The number of hydrogen-bond donors (Lipinski definition) is 2. The number of benzene rings is 2. The Morgan fingerprint density at radius 1 is 1.00 bits per heavy atom. The maximum absolute atomic E-state index is 12.7. The Bertz CT molecular complexity index is 1000. The van der Waals surface area contributed by atoms with Gasteiger partial charge in [-0.3, -0.25) is 4.79 Å². The van der Waals surface area contributed by atoms with E-state index in [2.05, 4.69) is 39.7 Å². The van der Waals surface area contributed by atoms with Crippen molar-refractivity contribution in [3.05, 3.63) is 76.7 Å². The minimum atomic E-state index is -0.312. The number of rotatable bonds is 6. The number of ether oxygens (including phenoxy) is 1. The molecule has 2 N–H and O–H groups in total. The van der Waals surface area contributed by atoms with Crippen LogP contribution in [0.25, 0.3) is 0 Å². The maximum atomic E-state index is 12.7. The van der Waals surface area contributed by atoms with Gasteiger partial charge in [-0.1, -0.05) is 35.9 Å². The van der Waals surface area contributed by atoms with Crippen LogP contribution in [0.5, 0.6) is 5.75 Å². The number of aromatic nitrogens is 2. The molecular weight excluding hydrogens is 352 g/mol. The predicted octanol–water partition coefficient (Wildman–Crippen LogP) is 4.27. The highest BCUT2D eigenvalue weighted by molar-refractivity contribution is 6.04. The van der Waals surface area contributed by atoms with Crippen molar-refractivity contribution in [3.63, 3.8) is 0 Å². The average molecular weight is 376 g/mol. The fourth-order valence-corrected chi connectivity index (χ4v) is 2.90. The molecule has 6 heteroatoms. The van der Waals surface area contributed by atoms with Gasteiger partial charge in [0.15, 0.2) is 0 Å². The monoisotopic (exact) mass is 376 g/mol. The molecule has 0 saturated heterocycles. The molecule has 2 aromatic carbocycles. The van der Waals surface area contributed by atoms with Gasteiger partial charge in [-0.05, 0) is 44.0 Å². The molecule has 1 amide bonds. The highest BCUT2D eigenvalue weighted by Gasteiger charge is 2.13. The van der Waals surface area contributed by atoms with Gasteiger partial charge in [-0.2, -0.15) is 0 Å². The van der Waals surface area contributed by atoms with Crippen LogP contribution in [-0.2, 0) is 6.54 Å². The van der Waals surface area contributed by atoms with E-state index in [-0.39, 0.29) is 5.91 Å². The molecule has 0 aliphatic carbocycles. The Hall–Kier alpha value is -3.41. The van der Waals surface area contributed by atoms with E-state index in [1.165, 1.54) is 5.56 Å². The number of amides is 1. The molecule has 1 heterocycles. The fraction of sp³-hybridized carbons (Fsp3) is 0.227. The number of nitrogens with one attached hydrogen (secondary N) is 2. The molecule has 3 aromatic rings. The van der Waals surface area contributed by atoms with Crippen LogP contribution in [0.15, 0.2) is 48.5 Å². The van der Waals surface area contributed by atoms with Crippen LogP contribution in [0.4, 0.5) is 11.5 Å². The molecule has 3 rings (SSSR count). The number of hydrogen-bond acceptors (Lipinski definition) is 5. The third-order valence-electron chi connectivity index (χ3n) is 4.23. The zero-order chi connectivity index (χ0) is 20.1. The molecule has 1 aromatic heterocycles. The number of methoxy groups -OCH3 is 1. The lowest BCUT2D eigenvalue weighted by molar-refractivity contribution is 0.102. The van der Waals surface area contributed by atoms with Gasteiger partial charge < -0.3 is 15.4 Å². The smallest absolute Gasteiger partial charge is 0.274 e. The van der Waals surface area contributed by atoms with Crippen LogP contribution >= 0.6 is 0 Å². The predicted molar refractivity (Wildman–Crippen MR) is 111 cm³/mol. The number of anilines is 2. The van der Waals surface area contributed by atoms with E-state index in [1.54, 1.807) is 20.1 Å². The SMILES string of the molecule is COc1ccc(C)cc1NC(=O)c1cc(NCc2cccc(C)c2)nc(C)n1. The van der Waals surface area contributed by atoms with Crippen LogP contribution in [-0.4, -0.2) is 23.0 Å². The van der Waals surface area contributed by atoms with Crippen molar-refractivity contribution in [1.82, 2.24) is 9.97 Å². The van der Waals surface area contributed by atoms with Gasteiger partial charge >= 0.3 is 0 Å². The highest BCUT2D eigenvalue weighted by Crippen LogP contribution is 2.25. The number of nitrogens with zero attached hydrogens (tertiary/aromatic N) is 2. The molecule has 0 radical (unpaired) electrons. The Morgan fingerprint density at radius 2 is 1.79 bits per heavy atom. The summed E-state index contributed by atoms with van der Waals surface area (Å²) in [5.41, 5.74) is 4.27. The van der Waals surface area contributed by atoms with Crippen molar-refractivity contribution in [3.8, 4) is 5.75 Å². The second-order valence-electron chi connectivity index (χ2n) is 6.69. The molecule has 0 saturated carbocycles. The van der Waals surface area contributed by atoms with E-state index in [0.717, 1.165) is 11.1 Å². The summed E-state index contributed by atoms with van der Waals surface area (Å²) in [7, 11) is 1.57. The first kappa shape index (κ1) is 19.4. The van der Waals surface area contributed by atoms with E-state index in [9.17, 15) is 4.79 Å². The number of carbonyl (C=O) groups excluding carboxylic acids is 1. The summed E-state index contributed by atoms with van der Waals surface area (Å²) < 4.78 is 5.32. The summed E-state index contributed by atoms with van der Waals surface area (Å²) in [6, 6.07) is 15.5. The molecular formula is C22H24N4O2. The van der Waals surface area contributed by atoms with E-state index in [0.29, 0.717) is 35.3 Å². The minimum absolute atomic E-state index is 0.294. The highest BCUT2D eigenvalue weighted by atomic mass is 16.5. The summed E-state index contributed by atoms with van der Waals surface area (Å²) in [6.07, 6.45) is 0. The molecule has 28 heavy (non-hydrogen) atoms. The Labute approximate surface area is 165 Å². The van der Waals surface area contributed by atoms with Gasteiger partial charge in [0.1, 0.15) is 23.1 Å². The largest absolute Gasteiger partial charge is 0.495 e. The summed E-state index contributed by atoms with van der Waals surface area (Å²) in [4.78, 5) is 21.4. The van der Waals surface area contributed by atoms with Crippen LogP contribution < -0.4 is 15.4 Å². The number of carbonyl (C=O) groups is 1. The van der Waals surface area contributed by atoms with Crippen LogP contribution in [0.2, 0.25) is 0 Å². The molecule has 0 aliphatic rings. The molecule has 0 spiro atoms. The lowest BCUT2D eigenvalue weighted by Gasteiger charge is -2.12. The van der Waals surface area contributed by atoms with Gasteiger partial charge in [0.2, 0.25) is 0 Å². The van der Waals surface area contributed by atoms with E-state index in [4.69, 9.17) is 4.74 Å². The maximum Gasteiger partial charge on any atom is 0.274 e. The molecule has 0 unspecified atom stereocenters. The van der Waals surface area contributed by atoms with Gasteiger partial charge in [-0.15, -0.1) is 0 Å².